The van der Waals surface area contributed by atoms with Gasteiger partial charge in [-0.3, -0.25) is 0 Å². The van der Waals surface area contributed by atoms with Gasteiger partial charge in [-0.15, -0.1) is 0 Å². The first-order chi connectivity index (χ1) is 29.7. The van der Waals surface area contributed by atoms with Gasteiger partial charge in [-0.25, -0.2) is 9.97 Å². The number of fused-ring (bicyclic) bond motifs is 6. The van der Waals surface area contributed by atoms with E-state index in [-0.39, 0.29) is 5.92 Å². The summed E-state index contributed by atoms with van der Waals surface area (Å²) in [5, 5.41) is 0. The number of hydrogen-bond acceptors (Lipinski definition) is 2. The van der Waals surface area contributed by atoms with Gasteiger partial charge >= 0.3 is 0 Å². The number of nitrogens with zero attached hydrogens (tertiary/aromatic N) is 2. The first kappa shape index (κ1) is 35.5. The summed E-state index contributed by atoms with van der Waals surface area (Å²) in [7, 11) is 0. The van der Waals surface area contributed by atoms with E-state index in [1.165, 1.54) is 44.5 Å². The number of hydrogen-bond donors (Lipinski definition) is 0. The van der Waals surface area contributed by atoms with Crippen molar-refractivity contribution in [3.8, 4) is 78.4 Å². The molecular weight excluding hydrogens is 725 g/mol. The average Bonchev–Trinajstić information content (AvgIpc) is 3.34. The van der Waals surface area contributed by atoms with Crippen LogP contribution in [0.5, 0.6) is 0 Å². The molecule has 0 N–H and O–H groups in total. The molecule has 282 valence electrons. The molecule has 2 atom stereocenters. The summed E-state index contributed by atoms with van der Waals surface area (Å²) in [4.78, 5) is 10.7. The van der Waals surface area contributed by atoms with Gasteiger partial charge in [-0.2, -0.15) is 0 Å². The molecule has 1 heterocycles. The summed E-state index contributed by atoms with van der Waals surface area (Å²) in [6.45, 7) is 0. The van der Waals surface area contributed by atoms with Gasteiger partial charge in [0.1, 0.15) is 0 Å². The number of benzene rings is 8. The molecule has 2 unspecified atom stereocenters. The molecule has 2 heteroatoms. The van der Waals surface area contributed by atoms with E-state index in [0.29, 0.717) is 11.7 Å². The minimum Gasteiger partial charge on any atom is -0.228 e. The molecular formula is C58H40N2. The van der Waals surface area contributed by atoms with Crippen LogP contribution in [0.3, 0.4) is 0 Å². The Hall–Kier alpha value is -7.68. The van der Waals surface area contributed by atoms with Crippen molar-refractivity contribution in [2.75, 3.05) is 0 Å². The van der Waals surface area contributed by atoms with Gasteiger partial charge in [0.15, 0.2) is 5.82 Å². The highest BCUT2D eigenvalue weighted by molar-refractivity contribution is 5.87. The molecule has 0 radical (unpaired) electrons. The molecule has 8 aromatic carbocycles. The summed E-state index contributed by atoms with van der Waals surface area (Å²) in [6.07, 6.45) is 7.22. The SMILES string of the molecule is C1=CC2c3ccccc3-c3ccccc3C2C=C1c1cccc(-c2ccccc2-c2nc(-c3cccc(-c4ccccc4)c3)cc(-c3cccc(-c4ccccc4)c3)n2)c1. The fourth-order valence-corrected chi connectivity index (χ4v) is 9.16. The molecule has 2 aliphatic carbocycles. The Kier molecular flexibility index (Phi) is 9.02. The van der Waals surface area contributed by atoms with Crippen LogP contribution < -0.4 is 0 Å². The zero-order valence-corrected chi connectivity index (χ0v) is 33.0. The molecule has 60 heavy (non-hydrogen) atoms. The van der Waals surface area contributed by atoms with Crippen LogP contribution in [0.25, 0.3) is 84.0 Å². The molecule has 0 aliphatic heterocycles. The van der Waals surface area contributed by atoms with E-state index in [4.69, 9.17) is 9.97 Å². The second kappa shape index (κ2) is 15.2. The predicted molar refractivity (Wildman–Crippen MR) is 249 cm³/mol. The van der Waals surface area contributed by atoms with Crippen LogP contribution in [0.2, 0.25) is 0 Å². The molecule has 0 fully saturated rings. The van der Waals surface area contributed by atoms with Crippen LogP contribution in [-0.2, 0) is 0 Å². The van der Waals surface area contributed by atoms with Gasteiger partial charge in [0, 0.05) is 28.5 Å². The third kappa shape index (κ3) is 6.59. The Morgan fingerprint density at radius 2 is 0.733 bits per heavy atom. The lowest BCUT2D eigenvalue weighted by atomic mass is 9.69. The highest BCUT2D eigenvalue weighted by atomic mass is 14.9. The minimum absolute atomic E-state index is 0.266. The largest absolute Gasteiger partial charge is 0.228 e. The van der Waals surface area contributed by atoms with Crippen molar-refractivity contribution in [1.82, 2.24) is 9.97 Å². The zero-order chi connectivity index (χ0) is 39.8. The first-order valence-corrected chi connectivity index (χ1v) is 20.7. The molecule has 0 saturated heterocycles. The van der Waals surface area contributed by atoms with E-state index in [1.807, 2.05) is 0 Å². The lowest BCUT2D eigenvalue weighted by molar-refractivity contribution is 0.722. The quantitative estimate of drug-likeness (QED) is 0.162. The van der Waals surface area contributed by atoms with Crippen LogP contribution in [0.15, 0.2) is 231 Å². The maximum Gasteiger partial charge on any atom is 0.161 e. The molecule has 0 saturated carbocycles. The van der Waals surface area contributed by atoms with Gasteiger partial charge in [0.05, 0.1) is 11.4 Å². The number of rotatable bonds is 7. The van der Waals surface area contributed by atoms with Crippen LogP contribution in [0.4, 0.5) is 0 Å². The van der Waals surface area contributed by atoms with Crippen molar-refractivity contribution in [3.63, 3.8) is 0 Å². The molecule has 0 spiro atoms. The summed E-state index contributed by atoms with van der Waals surface area (Å²) >= 11 is 0. The van der Waals surface area contributed by atoms with Gasteiger partial charge in [-0.1, -0.05) is 206 Å². The van der Waals surface area contributed by atoms with Crippen LogP contribution in [0, 0.1) is 0 Å². The van der Waals surface area contributed by atoms with E-state index in [2.05, 4.69) is 231 Å². The van der Waals surface area contributed by atoms with Crippen LogP contribution >= 0.6 is 0 Å². The summed E-state index contributed by atoms with van der Waals surface area (Å²) in [5.74, 6) is 1.27. The van der Waals surface area contributed by atoms with E-state index >= 15 is 0 Å². The molecule has 0 amide bonds. The van der Waals surface area contributed by atoms with Crippen molar-refractivity contribution >= 4 is 5.57 Å². The monoisotopic (exact) mass is 764 g/mol. The third-order valence-corrected chi connectivity index (χ3v) is 12.1. The van der Waals surface area contributed by atoms with Gasteiger partial charge in [-0.05, 0) is 91.0 Å². The topological polar surface area (TPSA) is 25.8 Å². The lowest BCUT2D eigenvalue weighted by Crippen LogP contribution is -2.17. The summed E-state index contributed by atoms with van der Waals surface area (Å²) in [5.41, 5.74) is 19.6. The predicted octanol–water partition coefficient (Wildman–Crippen LogP) is 15.0. The minimum atomic E-state index is 0.266. The Morgan fingerprint density at radius 3 is 1.33 bits per heavy atom. The van der Waals surface area contributed by atoms with Crippen molar-refractivity contribution in [2.45, 2.75) is 11.8 Å². The van der Waals surface area contributed by atoms with E-state index in [1.54, 1.807) is 0 Å². The molecule has 9 aromatic rings. The van der Waals surface area contributed by atoms with Crippen LogP contribution in [-0.4, -0.2) is 9.97 Å². The van der Waals surface area contributed by atoms with E-state index in [9.17, 15) is 0 Å². The van der Waals surface area contributed by atoms with Crippen molar-refractivity contribution < 1.29 is 0 Å². The zero-order valence-electron chi connectivity index (χ0n) is 33.0. The summed E-state index contributed by atoms with van der Waals surface area (Å²) in [6, 6.07) is 75.9. The highest BCUT2D eigenvalue weighted by Gasteiger charge is 2.32. The van der Waals surface area contributed by atoms with E-state index < -0.39 is 0 Å². The molecule has 1 aromatic heterocycles. The smallest absolute Gasteiger partial charge is 0.161 e. The van der Waals surface area contributed by atoms with Gasteiger partial charge in [0.25, 0.3) is 0 Å². The molecule has 11 rings (SSSR count). The summed E-state index contributed by atoms with van der Waals surface area (Å²) < 4.78 is 0. The second-order valence-electron chi connectivity index (χ2n) is 15.7. The fraction of sp³-hybridized carbons (Fsp3) is 0.0345. The maximum atomic E-state index is 5.36. The Morgan fingerprint density at radius 1 is 0.300 bits per heavy atom. The highest BCUT2D eigenvalue weighted by Crippen LogP contribution is 2.51. The fourth-order valence-electron chi connectivity index (χ4n) is 9.16. The molecule has 2 nitrogen and oxygen atoms in total. The van der Waals surface area contributed by atoms with Crippen molar-refractivity contribution in [1.29, 1.82) is 0 Å². The molecule has 2 aliphatic rings. The van der Waals surface area contributed by atoms with Crippen molar-refractivity contribution in [3.05, 3.63) is 247 Å². The normalized spacial score (nSPS) is 15.0. The van der Waals surface area contributed by atoms with Crippen LogP contribution in [0.1, 0.15) is 28.5 Å². The Bertz CT molecular complexity index is 3000. The maximum absolute atomic E-state index is 5.36. The standard InChI is InChI=1S/C58H40N2/c1-3-16-39(17-4-1)41-20-14-24-46(35-41)56-38-57(47-25-15-21-42(36-47)40-18-5-2-6-19-40)60-58(59-56)54-31-12-7-26-48(54)45-23-13-22-43(34-45)44-32-33-53-51-29-9-8-27-49(51)50-28-10-11-30-52(50)55(53)37-44/h1-38,53,55H. The van der Waals surface area contributed by atoms with Gasteiger partial charge < -0.3 is 0 Å². The van der Waals surface area contributed by atoms with Gasteiger partial charge in [0.2, 0.25) is 0 Å². The number of aromatic nitrogens is 2. The Labute approximate surface area is 351 Å². The van der Waals surface area contributed by atoms with Crippen molar-refractivity contribution in [2.24, 2.45) is 0 Å². The third-order valence-electron chi connectivity index (χ3n) is 12.1. The first-order valence-electron chi connectivity index (χ1n) is 20.7. The average molecular weight is 765 g/mol. The van der Waals surface area contributed by atoms with E-state index in [0.717, 1.165) is 50.3 Å². The number of allylic oxidation sites excluding steroid dienone is 4. The lowest BCUT2D eigenvalue weighted by Gasteiger charge is -2.35. The molecule has 0 bridgehead atoms. The Balaban J connectivity index is 1.02. The second-order valence-corrected chi connectivity index (χ2v) is 15.7.